The number of carbonyl (C=O) groups is 3. The predicted molar refractivity (Wildman–Crippen MR) is 129 cm³/mol. The molecule has 2 aromatic rings. The highest BCUT2D eigenvalue weighted by Crippen LogP contribution is 2.33. The van der Waals surface area contributed by atoms with Gasteiger partial charge in [-0.05, 0) is 75.0 Å². The molecule has 3 N–H and O–H groups in total. The maximum Gasteiger partial charge on any atom is 0.257 e. The number of likely N-dealkylation sites (tertiary alicyclic amines) is 1. The monoisotopic (exact) mass is 448 g/mol. The molecule has 0 aromatic heterocycles. The third-order valence-electron chi connectivity index (χ3n) is 6.69. The van der Waals surface area contributed by atoms with Crippen LogP contribution in [0.1, 0.15) is 41.6 Å². The first kappa shape index (κ1) is 23.0. The molecule has 1 saturated heterocycles. The summed E-state index contributed by atoms with van der Waals surface area (Å²) in [5.41, 5.74) is 8.44. The quantitative estimate of drug-likeness (QED) is 0.649. The summed E-state index contributed by atoms with van der Waals surface area (Å²) in [6.45, 7) is 2.74. The summed E-state index contributed by atoms with van der Waals surface area (Å²) in [7, 11) is 1.73. The summed E-state index contributed by atoms with van der Waals surface area (Å²) < 4.78 is 0. The van der Waals surface area contributed by atoms with E-state index in [4.69, 9.17) is 5.73 Å². The SMILES string of the molecule is CN(C(=O)C1CC1)c1ccccc1C(=O)Nc1ccc(CCN2CCC(C(N)=O)CC2)cc1. The number of nitrogens with two attached hydrogens (primary N) is 1. The van der Waals surface area contributed by atoms with Crippen molar-refractivity contribution in [3.63, 3.8) is 0 Å². The molecule has 7 heteroatoms. The van der Waals surface area contributed by atoms with Crippen LogP contribution in [0.4, 0.5) is 11.4 Å². The third kappa shape index (κ3) is 5.79. The number of anilines is 2. The van der Waals surface area contributed by atoms with Gasteiger partial charge in [0.1, 0.15) is 0 Å². The van der Waals surface area contributed by atoms with Crippen LogP contribution in [-0.4, -0.2) is 49.3 Å². The van der Waals surface area contributed by atoms with E-state index in [1.807, 2.05) is 42.5 Å². The Balaban J connectivity index is 1.32. The minimum atomic E-state index is -0.230. The maximum atomic E-state index is 13.0. The molecule has 0 bridgehead atoms. The van der Waals surface area contributed by atoms with Gasteiger partial charge in [-0.25, -0.2) is 0 Å². The first-order valence-electron chi connectivity index (χ1n) is 11.7. The highest BCUT2D eigenvalue weighted by molar-refractivity contribution is 6.10. The second-order valence-corrected chi connectivity index (χ2v) is 9.11. The Hall–Kier alpha value is -3.19. The van der Waals surface area contributed by atoms with Crippen LogP contribution < -0.4 is 16.0 Å². The van der Waals surface area contributed by atoms with Gasteiger partial charge >= 0.3 is 0 Å². The van der Waals surface area contributed by atoms with Gasteiger partial charge in [0.05, 0.1) is 11.3 Å². The van der Waals surface area contributed by atoms with Crippen LogP contribution in [0.25, 0.3) is 0 Å². The second kappa shape index (κ2) is 10.2. The first-order valence-corrected chi connectivity index (χ1v) is 11.7. The van der Waals surface area contributed by atoms with Crippen molar-refractivity contribution in [1.29, 1.82) is 0 Å². The average molecular weight is 449 g/mol. The largest absolute Gasteiger partial charge is 0.369 e. The lowest BCUT2D eigenvalue weighted by molar-refractivity contribution is -0.123. The molecule has 33 heavy (non-hydrogen) atoms. The number of nitrogens with one attached hydrogen (secondary N) is 1. The molecule has 2 fully saturated rings. The minimum absolute atomic E-state index is 0.0147. The molecule has 4 rings (SSSR count). The maximum absolute atomic E-state index is 13.0. The van der Waals surface area contributed by atoms with Crippen LogP contribution in [0.2, 0.25) is 0 Å². The average Bonchev–Trinajstić information content (AvgIpc) is 3.68. The van der Waals surface area contributed by atoms with E-state index in [0.29, 0.717) is 11.3 Å². The number of para-hydroxylation sites is 1. The topological polar surface area (TPSA) is 95.7 Å². The fourth-order valence-corrected chi connectivity index (χ4v) is 4.36. The number of primary amides is 1. The van der Waals surface area contributed by atoms with Gasteiger partial charge in [-0.2, -0.15) is 0 Å². The van der Waals surface area contributed by atoms with Crippen molar-refractivity contribution in [3.8, 4) is 0 Å². The molecule has 0 unspecified atom stereocenters. The van der Waals surface area contributed by atoms with Crippen LogP contribution in [-0.2, 0) is 16.0 Å². The van der Waals surface area contributed by atoms with E-state index in [9.17, 15) is 14.4 Å². The standard InChI is InChI=1S/C26H32N4O3/c1-29(26(33)20-8-9-20)23-5-3-2-4-22(23)25(32)28-21-10-6-18(7-11-21)12-15-30-16-13-19(14-17-30)24(27)31/h2-7,10-11,19-20H,8-9,12-17H2,1H3,(H2,27,31)(H,28,32). The Labute approximate surface area is 194 Å². The van der Waals surface area contributed by atoms with E-state index in [1.54, 1.807) is 18.0 Å². The Morgan fingerprint density at radius 3 is 2.27 bits per heavy atom. The summed E-state index contributed by atoms with van der Waals surface area (Å²) in [6, 6.07) is 15.1. The Morgan fingerprint density at radius 2 is 1.64 bits per heavy atom. The van der Waals surface area contributed by atoms with E-state index in [-0.39, 0.29) is 29.6 Å². The van der Waals surface area contributed by atoms with Crippen LogP contribution in [0.3, 0.4) is 0 Å². The first-order chi connectivity index (χ1) is 15.9. The molecule has 2 aliphatic rings. The third-order valence-corrected chi connectivity index (χ3v) is 6.69. The number of carbonyl (C=O) groups excluding carboxylic acids is 3. The van der Waals surface area contributed by atoms with Gasteiger partial charge in [0.15, 0.2) is 0 Å². The van der Waals surface area contributed by atoms with E-state index in [0.717, 1.165) is 57.4 Å². The van der Waals surface area contributed by atoms with Crippen LogP contribution in [0.5, 0.6) is 0 Å². The van der Waals surface area contributed by atoms with Gasteiger partial charge in [-0.3, -0.25) is 14.4 Å². The van der Waals surface area contributed by atoms with E-state index in [2.05, 4.69) is 10.2 Å². The molecule has 0 atom stereocenters. The molecule has 0 spiro atoms. The number of nitrogens with zero attached hydrogens (tertiary/aromatic N) is 2. The Morgan fingerprint density at radius 1 is 0.970 bits per heavy atom. The van der Waals surface area contributed by atoms with Gasteiger partial charge in [0, 0.05) is 31.1 Å². The zero-order valence-corrected chi connectivity index (χ0v) is 19.1. The van der Waals surface area contributed by atoms with Crippen LogP contribution in [0.15, 0.2) is 48.5 Å². The zero-order chi connectivity index (χ0) is 23.4. The van der Waals surface area contributed by atoms with Crippen molar-refractivity contribution in [1.82, 2.24) is 4.90 Å². The molecule has 174 valence electrons. The van der Waals surface area contributed by atoms with Gasteiger partial charge in [0.25, 0.3) is 5.91 Å². The second-order valence-electron chi connectivity index (χ2n) is 9.11. The number of piperidine rings is 1. The highest BCUT2D eigenvalue weighted by Gasteiger charge is 2.33. The molecule has 1 heterocycles. The smallest absolute Gasteiger partial charge is 0.257 e. The minimum Gasteiger partial charge on any atom is -0.369 e. The van der Waals surface area contributed by atoms with Crippen LogP contribution >= 0.6 is 0 Å². The number of amides is 3. The van der Waals surface area contributed by atoms with Crippen molar-refractivity contribution in [3.05, 3.63) is 59.7 Å². The summed E-state index contributed by atoms with van der Waals surface area (Å²) in [5.74, 6) is -0.241. The molecule has 1 aliphatic heterocycles. The summed E-state index contributed by atoms with van der Waals surface area (Å²) in [5, 5.41) is 2.95. The zero-order valence-electron chi connectivity index (χ0n) is 19.1. The fraction of sp³-hybridized carbons (Fsp3) is 0.423. The fourth-order valence-electron chi connectivity index (χ4n) is 4.36. The lowest BCUT2D eigenvalue weighted by atomic mass is 9.96. The molecular formula is C26H32N4O3. The molecule has 1 aliphatic carbocycles. The number of rotatable bonds is 8. The van der Waals surface area contributed by atoms with Crippen molar-refractivity contribution >= 4 is 29.1 Å². The molecule has 2 aromatic carbocycles. The summed E-state index contributed by atoms with van der Waals surface area (Å²) >= 11 is 0. The molecule has 1 saturated carbocycles. The van der Waals surface area contributed by atoms with Crippen LogP contribution in [0, 0.1) is 11.8 Å². The highest BCUT2D eigenvalue weighted by atomic mass is 16.2. The molecule has 3 amide bonds. The molecular weight excluding hydrogens is 416 g/mol. The lowest BCUT2D eigenvalue weighted by Gasteiger charge is -2.30. The van der Waals surface area contributed by atoms with Gasteiger partial charge < -0.3 is 20.9 Å². The number of hydrogen-bond acceptors (Lipinski definition) is 4. The Kier molecular flexibility index (Phi) is 7.08. The lowest BCUT2D eigenvalue weighted by Crippen LogP contribution is -2.39. The van der Waals surface area contributed by atoms with Crippen molar-refractivity contribution < 1.29 is 14.4 Å². The molecule has 0 radical (unpaired) electrons. The van der Waals surface area contributed by atoms with Crippen molar-refractivity contribution in [2.45, 2.75) is 32.1 Å². The molecule has 7 nitrogen and oxygen atoms in total. The summed E-state index contributed by atoms with van der Waals surface area (Å²) in [6.07, 6.45) is 4.43. The Bertz CT molecular complexity index is 1010. The van der Waals surface area contributed by atoms with Crippen molar-refractivity contribution in [2.24, 2.45) is 17.6 Å². The number of benzene rings is 2. The van der Waals surface area contributed by atoms with E-state index in [1.165, 1.54) is 5.56 Å². The number of hydrogen-bond donors (Lipinski definition) is 2. The van der Waals surface area contributed by atoms with Crippen molar-refractivity contribution in [2.75, 3.05) is 36.9 Å². The predicted octanol–water partition coefficient (Wildman–Crippen LogP) is 3.05. The van der Waals surface area contributed by atoms with Gasteiger partial charge in [0.2, 0.25) is 11.8 Å². The van der Waals surface area contributed by atoms with Gasteiger partial charge in [-0.1, -0.05) is 24.3 Å². The normalized spacial score (nSPS) is 16.9. The van der Waals surface area contributed by atoms with Gasteiger partial charge in [-0.15, -0.1) is 0 Å². The van der Waals surface area contributed by atoms with E-state index < -0.39 is 0 Å². The summed E-state index contributed by atoms with van der Waals surface area (Å²) in [4.78, 5) is 40.7. The van der Waals surface area contributed by atoms with E-state index >= 15 is 0 Å².